The molecule has 0 radical (unpaired) electrons. The van der Waals surface area contributed by atoms with Gasteiger partial charge in [0.2, 0.25) is 0 Å². The Morgan fingerprint density at radius 2 is 2.37 bits per heavy atom. The van der Waals surface area contributed by atoms with E-state index in [2.05, 4.69) is 36.3 Å². The summed E-state index contributed by atoms with van der Waals surface area (Å²) in [5.74, 6) is 1.17. The van der Waals surface area contributed by atoms with Crippen molar-refractivity contribution in [2.24, 2.45) is 5.92 Å². The van der Waals surface area contributed by atoms with Crippen molar-refractivity contribution in [3.63, 3.8) is 0 Å². The Hall–Kier alpha value is -0.930. The van der Waals surface area contributed by atoms with Crippen LogP contribution in [0.4, 0.5) is 0 Å². The van der Waals surface area contributed by atoms with Crippen LogP contribution in [0.5, 0.6) is 0 Å². The molecule has 104 valence electrons. The van der Waals surface area contributed by atoms with Crippen LogP contribution in [-0.2, 0) is 11.2 Å². The van der Waals surface area contributed by atoms with Gasteiger partial charge in [0.1, 0.15) is 0 Å². The molecular formula is C16H24N2O. The largest absolute Gasteiger partial charge is 0.376 e. The Morgan fingerprint density at radius 1 is 1.47 bits per heavy atom. The quantitative estimate of drug-likeness (QED) is 0.903. The molecule has 2 aliphatic rings. The fraction of sp³-hybridized carbons (Fsp3) is 0.688. The van der Waals surface area contributed by atoms with Gasteiger partial charge in [-0.15, -0.1) is 0 Å². The van der Waals surface area contributed by atoms with E-state index in [1.54, 1.807) is 0 Å². The van der Waals surface area contributed by atoms with Gasteiger partial charge < -0.3 is 10.1 Å². The molecule has 1 aliphatic heterocycles. The van der Waals surface area contributed by atoms with Crippen LogP contribution in [0.1, 0.15) is 43.9 Å². The van der Waals surface area contributed by atoms with E-state index in [1.807, 2.05) is 6.20 Å². The van der Waals surface area contributed by atoms with Gasteiger partial charge in [-0.05, 0) is 43.4 Å². The highest BCUT2D eigenvalue weighted by Crippen LogP contribution is 2.38. The second kappa shape index (κ2) is 5.59. The lowest BCUT2D eigenvalue weighted by Gasteiger charge is -2.31. The highest BCUT2D eigenvalue weighted by atomic mass is 16.5. The van der Waals surface area contributed by atoms with Crippen molar-refractivity contribution in [1.29, 1.82) is 0 Å². The van der Waals surface area contributed by atoms with Crippen molar-refractivity contribution in [2.45, 2.75) is 51.2 Å². The third kappa shape index (κ3) is 2.41. The summed E-state index contributed by atoms with van der Waals surface area (Å²) < 4.78 is 6.02. The standard InChI is InChI=1S/C16H24N2O/c1-3-17-15(16-11(2)8-10-19-16)13-7-6-12-5-4-9-18-14(12)13/h4-5,9,11,13,15-17H,3,6-8,10H2,1-2H3. The molecule has 1 aliphatic carbocycles. The zero-order valence-electron chi connectivity index (χ0n) is 11.9. The van der Waals surface area contributed by atoms with Crippen molar-refractivity contribution in [2.75, 3.05) is 13.2 Å². The van der Waals surface area contributed by atoms with Crippen LogP contribution in [0, 0.1) is 5.92 Å². The van der Waals surface area contributed by atoms with E-state index in [4.69, 9.17) is 4.74 Å². The molecule has 1 N–H and O–H groups in total. The van der Waals surface area contributed by atoms with Crippen LogP contribution in [0.3, 0.4) is 0 Å². The molecule has 4 unspecified atom stereocenters. The molecule has 0 spiro atoms. The topological polar surface area (TPSA) is 34.2 Å². The third-order valence-electron chi connectivity index (χ3n) is 4.67. The number of hydrogen-bond donors (Lipinski definition) is 1. The summed E-state index contributed by atoms with van der Waals surface area (Å²) in [6.45, 7) is 6.41. The molecule has 0 aromatic carbocycles. The monoisotopic (exact) mass is 260 g/mol. The fourth-order valence-corrected chi connectivity index (χ4v) is 3.69. The highest BCUT2D eigenvalue weighted by Gasteiger charge is 2.39. The number of fused-ring (bicyclic) bond motifs is 1. The Kier molecular flexibility index (Phi) is 3.85. The molecule has 1 aromatic rings. The van der Waals surface area contributed by atoms with Crippen LogP contribution in [0.2, 0.25) is 0 Å². The molecule has 1 saturated heterocycles. The zero-order chi connectivity index (χ0) is 13.2. The predicted octanol–water partition coefficient (Wildman–Crippen LogP) is 2.51. The minimum atomic E-state index is 0.345. The van der Waals surface area contributed by atoms with E-state index in [9.17, 15) is 0 Å². The highest BCUT2D eigenvalue weighted by molar-refractivity contribution is 5.30. The lowest BCUT2D eigenvalue weighted by molar-refractivity contribution is 0.0521. The van der Waals surface area contributed by atoms with E-state index in [-0.39, 0.29) is 0 Å². The van der Waals surface area contributed by atoms with E-state index in [1.165, 1.54) is 24.1 Å². The first-order valence-corrected chi connectivity index (χ1v) is 7.60. The number of hydrogen-bond acceptors (Lipinski definition) is 3. The number of aryl methyl sites for hydroxylation is 1. The van der Waals surface area contributed by atoms with Crippen molar-refractivity contribution < 1.29 is 4.74 Å². The molecule has 1 aromatic heterocycles. The van der Waals surface area contributed by atoms with Gasteiger partial charge in [0.05, 0.1) is 6.10 Å². The van der Waals surface area contributed by atoms with Crippen LogP contribution in [-0.4, -0.2) is 30.3 Å². The summed E-state index contributed by atoms with van der Waals surface area (Å²) in [5, 5.41) is 3.67. The third-order valence-corrected chi connectivity index (χ3v) is 4.67. The summed E-state index contributed by atoms with van der Waals surface area (Å²) in [7, 11) is 0. The van der Waals surface area contributed by atoms with Gasteiger partial charge in [-0.3, -0.25) is 4.98 Å². The number of aromatic nitrogens is 1. The van der Waals surface area contributed by atoms with Gasteiger partial charge in [-0.25, -0.2) is 0 Å². The van der Waals surface area contributed by atoms with Gasteiger partial charge in [-0.2, -0.15) is 0 Å². The minimum absolute atomic E-state index is 0.345. The summed E-state index contributed by atoms with van der Waals surface area (Å²) in [4.78, 5) is 4.64. The summed E-state index contributed by atoms with van der Waals surface area (Å²) in [6.07, 6.45) is 5.83. The molecule has 3 heteroatoms. The molecule has 3 nitrogen and oxygen atoms in total. The Bertz CT molecular complexity index is 435. The molecule has 19 heavy (non-hydrogen) atoms. The predicted molar refractivity (Wildman–Crippen MR) is 76.3 cm³/mol. The van der Waals surface area contributed by atoms with E-state index < -0.39 is 0 Å². The first kappa shape index (κ1) is 13.1. The van der Waals surface area contributed by atoms with Crippen LogP contribution in [0.15, 0.2) is 18.3 Å². The number of likely N-dealkylation sites (N-methyl/N-ethyl adjacent to an activating group) is 1. The molecule has 2 heterocycles. The second-order valence-corrected chi connectivity index (χ2v) is 5.88. The second-order valence-electron chi connectivity index (χ2n) is 5.88. The van der Waals surface area contributed by atoms with Crippen molar-refractivity contribution in [3.8, 4) is 0 Å². The normalized spacial score (nSPS) is 31.4. The van der Waals surface area contributed by atoms with E-state index in [0.29, 0.717) is 24.0 Å². The Balaban J connectivity index is 1.85. The van der Waals surface area contributed by atoms with Gasteiger partial charge in [0, 0.05) is 30.5 Å². The molecule has 0 saturated carbocycles. The Labute approximate surface area is 115 Å². The van der Waals surface area contributed by atoms with Gasteiger partial charge in [-0.1, -0.05) is 19.9 Å². The van der Waals surface area contributed by atoms with Crippen LogP contribution < -0.4 is 5.32 Å². The van der Waals surface area contributed by atoms with Crippen molar-refractivity contribution in [3.05, 3.63) is 29.6 Å². The lowest BCUT2D eigenvalue weighted by atomic mass is 9.86. The minimum Gasteiger partial charge on any atom is -0.376 e. The van der Waals surface area contributed by atoms with E-state index >= 15 is 0 Å². The number of nitrogens with zero attached hydrogens (tertiary/aromatic N) is 1. The molecule has 3 rings (SSSR count). The first-order valence-electron chi connectivity index (χ1n) is 7.60. The molecule has 0 amide bonds. The van der Waals surface area contributed by atoms with Crippen LogP contribution >= 0.6 is 0 Å². The average molecular weight is 260 g/mol. The maximum absolute atomic E-state index is 6.02. The number of nitrogens with one attached hydrogen (secondary N) is 1. The lowest BCUT2D eigenvalue weighted by Crippen LogP contribution is -2.46. The molecular weight excluding hydrogens is 236 g/mol. The average Bonchev–Trinajstić information content (AvgIpc) is 3.03. The molecule has 1 fully saturated rings. The van der Waals surface area contributed by atoms with Gasteiger partial charge >= 0.3 is 0 Å². The maximum Gasteiger partial charge on any atom is 0.0760 e. The molecule has 0 bridgehead atoms. The SMILES string of the molecule is CCNC(C1CCc2cccnc21)C1OCCC1C. The fourth-order valence-electron chi connectivity index (χ4n) is 3.69. The van der Waals surface area contributed by atoms with Crippen molar-refractivity contribution >= 4 is 0 Å². The first-order chi connectivity index (χ1) is 9.31. The summed E-state index contributed by atoms with van der Waals surface area (Å²) in [5.41, 5.74) is 2.73. The molecule has 4 atom stereocenters. The maximum atomic E-state index is 6.02. The summed E-state index contributed by atoms with van der Waals surface area (Å²) >= 11 is 0. The zero-order valence-corrected chi connectivity index (χ0v) is 11.9. The number of rotatable bonds is 4. The van der Waals surface area contributed by atoms with E-state index in [0.717, 1.165) is 19.6 Å². The smallest absolute Gasteiger partial charge is 0.0760 e. The van der Waals surface area contributed by atoms with Crippen LogP contribution in [0.25, 0.3) is 0 Å². The van der Waals surface area contributed by atoms with Crippen molar-refractivity contribution in [1.82, 2.24) is 10.3 Å². The number of ether oxygens (including phenoxy) is 1. The summed E-state index contributed by atoms with van der Waals surface area (Å²) in [6, 6.07) is 4.70. The number of pyridine rings is 1. The van der Waals surface area contributed by atoms with Gasteiger partial charge in [0.15, 0.2) is 0 Å². The Morgan fingerprint density at radius 3 is 3.11 bits per heavy atom. The van der Waals surface area contributed by atoms with Gasteiger partial charge in [0.25, 0.3) is 0 Å².